The van der Waals surface area contributed by atoms with E-state index >= 15 is 0 Å². The summed E-state index contributed by atoms with van der Waals surface area (Å²) in [6.45, 7) is -0.493. The molecule has 1 aliphatic heterocycles. The van der Waals surface area contributed by atoms with Gasteiger partial charge in [-0.1, -0.05) is 12.1 Å². The Labute approximate surface area is 153 Å². The molecule has 0 saturated carbocycles. The summed E-state index contributed by atoms with van der Waals surface area (Å²) in [6.07, 6.45) is -4.80. The van der Waals surface area contributed by atoms with Crippen LogP contribution in [-0.4, -0.2) is 74.2 Å². The Bertz CT molecular complexity index is 726. The number of nitrogens with zero attached hydrogens (tertiary/aromatic N) is 2. The molecule has 1 fully saturated rings. The van der Waals surface area contributed by atoms with Crippen LogP contribution in [0.3, 0.4) is 0 Å². The van der Waals surface area contributed by atoms with Gasteiger partial charge in [-0.25, -0.2) is 0 Å². The summed E-state index contributed by atoms with van der Waals surface area (Å²) >= 11 is 0.917. The van der Waals surface area contributed by atoms with E-state index in [2.05, 4.69) is 10.2 Å². The Hall–Kier alpha value is -1.69. The van der Waals surface area contributed by atoms with E-state index in [1.165, 1.54) is 0 Å². The van der Waals surface area contributed by atoms with Crippen LogP contribution in [0.4, 0.5) is 0 Å². The summed E-state index contributed by atoms with van der Waals surface area (Å²) in [6, 6.07) is 7.44. The third kappa shape index (κ3) is 4.17. The molecule has 5 atom stereocenters. The number of aromatic nitrogens is 2. The second-order valence-corrected chi connectivity index (χ2v) is 6.85. The van der Waals surface area contributed by atoms with Gasteiger partial charge in [0.15, 0.2) is 0 Å². The molecule has 26 heavy (non-hydrogen) atoms. The zero-order chi connectivity index (χ0) is 18.7. The SMILES string of the molecule is COc1cccc(Cc2nnc(S[C@@H]3O[C@H](CO)[C@H](O)[C@H](O)[C@H]3O)o2)c1. The molecule has 1 aliphatic rings. The molecule has 4 N–H and O–H groups in total. The normalized spacial score (nSPS) is 28.9. The highest BCUT2D eigenvalue weighted by Gasteiger charge is 2.44. The molecule has 142 valence electrons. The molecule has 0 radical (unpaired) electrons. The molecule has 0 bridgehead atoms. The topological polar surface area (TPSA) is 138 Å². The number of thioether (sulfide) groups is 1. The second kappa shape index (κ2) is 8.33. The minimum Gasteiger partial charge on any atom is -0.497 e. The number of methoxy groups -OCH3 is 1. The number of hydrogen-bond acceptors (Lipinski definition) is 10. The first-order valence-electron chi connectivity index (χ1n) is 7.94. The fourth-order valence-electron chi connectivity index (χ4n) is 2.58. The van der Waals surface area contributed by atoms with E-state index in [4.69, 9.17) is 13.9 Å². The molecular weight excluding hydrogens is 364 g/mol. The number of aliphatic hydroxyl groups is 4. The van der Waals surface area contributed by atoms with Crippen LogP contribution in [0.15, 0.2) is 33.9 Å². The van der Waals surface area contributed by atoms with Gasteiger partial charge < -0.3 is 34.3 Å². The van der Waals surface area contributed by atoms with Crippen molar-refractivity contribution in [2.45, 2.75) is 41.5 Å². The highest BCUT2D eigenvalue weighted by Crippen LogP contribution is 2.32. The second-order valence-electron chi connectivity index (χ2n) is 5.81. The summed E-state index contributed by atoms with van der Waals surface area (Å²) < 4.78 is 16.1. The van der Waals surface area contributed by atoms with Crippen LogP contribution < -0.4 is 4.74 Å². The van der Waals surface area contributed by atoms with E-state index in [1.807, 2.05) is 24.3 Å². The van der Waals surface area contributed by atoms with Gasteiger partial charge in [0.25, 0.3) is 5.22 Å². The highest BCUT2D eigenvalue weighted by molar-refractivity contribution is 7.99. The minimum absolute atomic E-state index is 0.146. The van der Waals surface area contributed by atoms with Crippen molar-refractivity contribution in [3.8, 4) is 5.75 Å². The molecule has 3 rings (SSSR count). The van der Waals surface area contributed by atoms with Crippen LogP contribution in [0.1, 0.15) is 11.5 Å². The number of ether oxygens (including phenoxy) is 2. The van der Waals surface area contributed by atoms with E-state index in [-0.39, 0.29) is 5.22 Å². The van der Waals surface area contributed by atoms with Crippen molar-refractivity contribution in [1.29, 1.82) is 0 Å². The molecule has 2 aromatic rings. The van der Waals surface area contributed by atoms with Gasteiger partial charge in [-0.2, -0.15) is 0 Å². The largest absolute Gasteiger partial charge is 0.497 e. The van der Waals surface area contributed by atoms with Crippen LogP contribution in [0, 0.1) is 0 Å². The zero-order valence-corrected chi connectivity index (χ0v) is 14.7. The Balaban J connectivity index is 1.66. The molecule has 1 aromatic heterocycles. The average Bonchev–Trinajstić information content (AvgIpc) is 3.09. The first kappa shape index (κ1) is 19.1. The third-order valence-electron chi connectivity index (χ3n) is 4.00. The van der Waals surface area contributed by atoms with E-state index in [9.17, 15) is 20.4 Å². The van der Waals surface area contributed by atoms with Gasteiger partial charge in [-0.05, 0) is 29.5 Å². The van der Waals surface area contributed by atoms with E-state index in [0.717, 1.165) is 23.1 Å². The van der Waals surface area contributed by atoms with Gasteiger partial charge in [-0.15, -0.1) is 10.2 Å². The molecule has 2 heterocycles. The summed E-state index contributed by atoms with van der Waals surface area (Å²) in [5, 5.41) is 46.8. The maximum atomic E-state index is 10.0. The predicted octanol–water partition coefficient (Wildman–Crippen LogP) is -0.439. The van der Waals surface area contributed by atoms with Crippen LogP contribution in [-0.2, 0) is 11.2 Å². The lowest BCUT2D eigenvalue weighted by molar-refractivity contribution is -0.205. The Morgan fingerprint density at radius 2 is 1.96 bits per heavy atom. The fourth-order valence-corrected chi connectivity index (χ4v) is 3.51. The van der Waals surface area contributed by atoms with Crippen LogP contribution in [0.25, 0.3) is 0 Å². The van der Waals surface area contributed by atoms with E-state index < -0.39 is 36.5 Å². The lowest BCUT2D eigenvalue weighted by atomic mass is 10.0. The molecule has 0 unspecified atom stereocenters. The van der Waals surface area contributed by atoms with Gasteiger partial charge in [0.05, 0.1) is 20.1 Å². The van der Waals surface area contributed by atoms with Crippen molar-refractivity contribution in [2.75, 3.05) is 13.7 Å². The van der Waals surface area contributed by atoms with Crippen molar-refractivity contribution >= 4 is 11.8 Å². The molecule has 1 saturated heterocycles. The predicted molar refractivity (Wildman–Crippen MR) is 89.7 cm³/mol. The van der Waals surface area contributed by atoms with Crippen LogP contribution in [0.2, 0.25) is 0 Å². The Morgan fingerprint density at radius 3 is 2.69 bits per heavy atom. The standard InChI is InChI=1S/C16H20N2O7S/c1-23-9-4-2-3-8(5-9)6-11-17-18-16(25-11)26-15-14(22)13(21)12(20)10(7-19)24-15/h2-5,10,12-15,19-22H,6-7H2,1H3/t10-,12+,13+,14-,15+/m1/s1. The average molecular weight is 384 g/mol. The van der Waals surface area contributed by atoms with Crippen molar-refractivity contribution in [2.24, 2.45) is 0 Å². The van der Waals surface area contributed by atoms with Crippen molar-refractivity contribution in [3.05, 3.63) is 35.7 Å². The highest BCUT2D eigenvalue weighted by atomic mass is 32.2. The zero-order valence-electron chi connectivity index (χ0n) is 13.9. The van der Waals surface area contributed by atoms with Crippen molar-refractivity contribution in [3.63, 3.8) is 0 Å². The van der Waals surface area contributed by atoms with Gasteiger partial charge >= 0.3 is 0 Å². The smallest absolute Gasteiger partial charge is 0.279 e. The van der Waals surface area contributed by atoms with Crippen molar-refractivity contribution in [1.82, 2.24) is 10.2 Å². The maximum Gasteiger partial charge on any atom is 0.279 e. The van der Waals surface area contributed by atoms with Gasteiger partial charge in [0.1, 0.15) is 35.6 Å². The molecule has 1 aromatic carbocycles. The molecule has 0 amide bonds. The summed E-state index contributed by atoms with van der Waals surface area (Å²) in [7, 11) is 1.58. The number of benzene rings is 1. The number of aliphatic hydroxyl groups excluding tert-OH is 4. The Kier molecular flexibility index (Phi) is 6.12. The first-order chi connectivity index (χ1) is 12.5. The van der Waals surface area contributed by atoms with Gasteiger partial charge in [-0.3, -0.25) is 0 Å². The molecular formula is C16H20N2O7S. The summed E-state index contributed by atoms with van der Waals surface area (Å²) in [4.78, 5) is 0. The fraction of sp³-hybridized carbons (Fsp3) is 0.500. The monoisotopic (exact) mass is 384 g/mol. The summed E-state index contributed by atoms with van der Waals surface area (Å²) in [5.41, 5.74) is -0.0342. The van der Waals surface area contributed by atoms with Crippen molar-refractivity contribution < 1.29 is 34.3 Å². The number of rotatable bonds is 6. The van der Waals surface area contributed by atoms with E-state index in [0.29, 0.717) is 12.3 Å². The summed E-state index contributed by atoms with van der Waals surface area (Å²) in [5.74, 6) is 1.09. The van der Waals surface area contributed by atoms with Crippen LogP contribution in [0.5, 0.6) is 5.75 Å². The Morgan fingerprint density at radius 1 is 1.15 bits per heavy atom. The van der Waals surface area contributed by atoms with Gasteiger partial charge in [0.2, 0.25) is 5.89 Å². The minimum atomic E-state index is -1.45. The quantitative estimate of drug-likeness (QED) is 0.518. The molecule has 9 nitrogen and oxygen atoms in total. The lowest BCUT2D eigenvalue weighted by Crippen LogP contribution is -2.57. The molecule has 0 aliphatic carbocycles. The van der Waals surface area contributed by atoms with Gasteiger partial charge in [0, 0.05) is 0 Å². The van der Waals surface area contributed by atoms with Crippen LogP contribution >= 0.6 is 11.8 Å². The molecule has 0 spiro atoms. The maximum absolute atomic E-state index is 10.0. The first-order valence-corrected chi connectivity index (χ1v) is 8.82. The third-order valence-corrected chi connectivity index (χ3v) is 4.99. The number of hydrogen-bond donors (Lipinski definition) is 4. The van der Waals surface area contributed by atoms with E-state index in [1.54, 1.807) is 7.11 Å². The lowest BCUT2D eigenvalue weighted by Gasteiger charge is -2.38. The molecule has 10 heteroatoms.